The number of rotatable bonds is 3. The number of hydrogen-bond donors (Lipinski definition) is 1. The Balaban J connectivity index is 1.66. The first-order valence-corrected chi connectivity index (χ1v) is 8.73. The van der Waals surface area contributed by atoms with Crippen molar-refractivity contribution in [2.45, 2.75) is 39.3 Å². The Morgan fingerprint density at radius 3 is 2.88 bits per heavy atom. The second-order valence-corrected chi connectivity index (χ2v) is 7.20. The first-order chi connectivity index (χ1) is 11.6. The maximum Gasteiger partial charge on any atom is 0.224 e. The molecule has 2 bridgehead atoms. The molecular formula is C19H24N4O. The van der Waals surface area contributed by atoms with Crippen LogP contribution in [-0.4, -0.2) is 39.7 Å². The van der Waals surface area contributed by atoms with Crippen LogP contribution in [0.25, 0.3) is 5.69 Å². The first-order valence-electron chi connectivity index (χ1n) is 8.73. The molecule has 1 amide bonds. The molecule has 1 N–H and O–H groups in total. The Morgan fingerprint density at radius 1 is 1.25 bits per heavy atom. The standard InChI is InChI=1S/C19H24N4O/c1-13-8-14(2)17(18(9-13)23-7-3-6-20-23)12-22-10-15-4-5-16(11-22)21-19(15)24/h3,6-9,15-16H,4-5,10-12H2,1-2H3,(H,21,24)/t15-,16+/m1/s1. The van der Waals surface area contributed by atoms with Crippen LogP contribution in [0.15, 0.2) is 30.6 Å². The first kappa shape index (κ1) is 15.4. The van der Waals surface area contributed by atoms with Gasteiger partial charge in [0.1, 0.15) is 0 Å². The zero-order valence-electron chi connectivity index (χ0n) is 14.3. The van der Waals surface area contributed by atoms with E-state index in [1.807, 2.05) is 23.1 Å². The fraction of sp³-hybridized carbons (Fsp3) is 0.474. The van der Waals surface area contributed by atoms with Crippen LogP contribution in [0.2, 0.25) is 0 Å². The Labute approximate surface area is 142 Å². The van der Waals surface area contributed by atoms with Crippen LogP contribution in [0.5, 0.6) is 0 Å². The van der Waals surface area contributed by atoms with E-state index in [-0.39, 0.29) is 11.8 Å². The minimum atomic E-state index is 0.141. The van der Waals surface area contributed by atoms with Crippen LogP contribution in [-0.2, 0) is 11.3 Å². The molecule has 1 aromatic heterocycles. The van der Waals surface area contributed by atoms with E-state index in [4.69, 9.17) is 0 Å². The van der Waals surface area contributed by atoms with E-state index in [0.717, 1.165) is 38.2 Å². The van der Waals surface area contributed by atoms with Crippen molar-refractivity contribution in [2.24, 2.45) is 5.92 Å². The summed E-state index contributed by atoms with van der Waals surface area (Å²) in [6.45, 7) is 6.95. The molecule has 5 rings (SSSR count). The average Bonchev–Trinajstić information content (AvgIpc) is 2.94. The zero-order chi connectivity index (χ0) is 16.7. The zero-order valence-corrected chi connectivity index (χ0v) is 14.3. The van der Waals surface area contributed by atoms with Gasteiger partial charge in [-0.2, -0.15) is 5.10 Å². The third-order valence-electron chi connectivity index (χ3n) is 5.26. The Kier molecular flexibility index (Phi) is 3.88. The number of nitrogens with zero attached hydrogens (tertiary/aromatic N) is 3. The molecule has 3 aliphatic rings. The van der Waals surface area contributed by atoms with E-state index in [2.05, 4.69) is 41.3 Å². The summed E-state index contributed by atoms with van der Waals surface area (Å²) in [6, 6.07) is 6.69. The number of piperidine rings is 1. The lowest BCUT2D eigenvalue weighted by molar-refractivity contribution is -0.126. The molecule has 4 heterocycles. The highest BCUT2D eigenvalue weighted by molar-refractivity contribution is 5.80. The molecule has 3 aliphatic heterocycles. The van der Waals surface area contributed by atoms with Crippen LogP contribution in [0, 0.1) is 19.8 Å². The topological polar surface area (TPSA) is 50.2 Å². The largest absolute Gasteiger partial charge is 0.352 e. The summed E-state index contributed by atoms with van der Waals surface area (Å²) in [5, 5.41) is 7.59. The quantitative estimate of drug-likeness (QED) is 0.942. The number of aryl methyl sites for hydroxylation is 2. The SMILES string of the molecule is Cc1cc(C)c(CN2C[C@@H]3CC[C@H](C2)C(=O)N3)c(-n2cccn2)c1. The van der Waals surface area contributed by atoms with Crippen molar-refractivity contribution >= 4 is 5.91 Å². The summed E-state index contributed by atoms with van der Waals surface area (Å²) < 4.78 is 1.95. The fourth-order valence-electron chi connectivity index (χ4n) is 4.08. The molecule has 3 fully saturated rings. The molecule has 0 aliphatic carbocycles. The lowest BCUT2D eigenvalue weighted by Gasteiger charge is -2.24. The van der Waals surface area contributed by atoms with Crippen LogP contribution in [0.4, 0.5) is 0 Å². The van der Waals surface area contributed by atoms with Crippen molar-refractivity contribution in [3.8, 4) is 5.69 Å². The Bertz CT molecular complexity index is 753. The lowest BCUT2D eigenvalue weighted by Crippen LogP contribution is -2.43. The molecule has 2 aromatic rings. The number of nitrogens with one attached hydrogen (secondary N) is 1. The molecule has 1 aromatic carbocycles. The lowest BCUT2D eigenvalue weighted by atomic mass is 9.96. The maximum absolute atomic E-state index is 12.1. The third kappa shape index (κ3) is 2.84. The number of carbonyl (C=O) groups is 1. The van der Waals surface area contributed by atoms with E-state index >= 15 is 0 Å². The number of benzene rings is 1. The highest BCUT2D eigenvalue weighted by Gasteiger charge is 2.34. The van der Waals surface area contributed by atoms with Gasteiger partial charge in [0, 0.05) is 38.1 Å². The number of amides is 1. The van der Waals surface area contributed by atoms with Gasteiger partial charge in [-0.3, -0.25) is 9.69 Å². The minimum absolute atomic E-state index is 0.141. The van der Waals surface area contributed by atoms with Gasteiger partial charge in [0.15, 0.2) is 0 Å². The van der Waals surface area contributed by atoms with E-state index in [1.54, 1.807) is 0 Å². The van der Waals surface area contributed by atoms with Gasteiger partial charge in [-0.1, -0.05) is 6.07 Å². The molecule has 126 valence electrons. The summed E-state index contributed by atoms with van der Waals surface area (Å²) in [7, 11) is 0. The predicted molar refractivity (Wildman–Crippen MR) is 93.0 cm³/mol. The Hall–Kier alpha value is -2.14. The van der Waals surface area contributed by atoms with Crippen LogP contribution in [0.3, 0.4) is 0 Å². The van der Waals surface area contributed by atoms with Gasteiger partial charge in [-0.15, -0.1) is 0 Å². The molecule has 0 radical (unpaired) electrons. The average molecular weight is 324 g/mol. The highest BCUT2D eigenvalue weighted by Crippen LogP contribution is 2.27. The van der Waals surface area contributed by atoms with E-state index in [9.17, 15) is 4.79 Å². The van der Waals surface area contributed by atoms with Crippen LogP contribution in [0.1, 0.15) is 29.5 Å². The van der Waals surface area contributed by atoms with Gasteiger partial charge in [-0.05, 0) is 55.5 Å². The predicted octanol–water partition coefficient (Wildman–Crippen LogP) is 2.20. The normalized spacial score (nSPS) is 24.0. The third-order valence-corrected chi connectivity index (χ3v) is 5.26. The second-order valence-electron chi connectivity index (χ2n) is 7.20. The van der Waals surface area contributed by atoms with E-state index < -0.39 is 0 Å². The van der Waals surface area contributed by atoms with Crippen LogP contribution >= 0.6 is 0 Å². The molecular weight excluding hydrogens is 300 g/mol. The molecule has 2 atom stereocenters. The smallest absolute Gasteiger partial charge is 0.224 e. The van der Waals surface area contributed by atoms with Crippen molar-refractivity contribution in [1.82, 2.24) is 20.0 Å². The highest BCUT2D eigenvalue weighted by atomic mass is 16.2. The van der Waals surface area contributed by atoms with Crippen molar-refractivity contribution in [3.63, 3.8) is 0 Å². The van der Waals surface area contributed by atoms with Crippen molar-refractivity contribution < 1.29 is 4.79 Å². The van der Waals surface area contributed by atoms with Gasteiger partial charge in [-0.25, -0.2) is 4.68 Å². The summed E-state index contributed by atoms with van der Waals surface area (Å²) in [5.41, 5.74) is 4.98. The molecule has 5 nitrogen and oxygen atoms in total. The molecule has 0 unspecified atom stereocenters. The van der Waals surface area contributed by atoms with Gasteiger partial charge >= 0.3 is 0 Å². The minimum Gasteiger partial charge on any atom is -0.352 e. The Morgan fingerprint density at radius 2 is 2.12 bits per heavy atom. The van der Waals surface area contributed by atoms with Gasteiger partial charge < -0.3 is 5.32 Å². The summed E-state index contributed by atoms with van der Waals surface area (Å²) in [6.07, 6.45) is 5.93. The monoisotopic (exact) mass is 324 g/mol. The maximum atomic E-state index is 12.1. The van der Waals surface area contributed by atoms with Gasteiger partial charge in [0.2, 0.25) is 5.91 Å². The molecule has 5 heteroatoms. The van der Waals surface area contributed by atoms with E-state index in [0.29, 0.717) is 6.04 Å². The number of aromatic nitrogens is 2. The summed E-state index contributed by atoms with van der Waals surface area (Å²) >= 11 is 0. The van der Waals surface area contributed by atoms with Crippen molar-refractivity contribution in [1.29, 1.82) is 0 Å². The van der Waals surface area contributed by atoms with Crippen molar-refractivity contribution in [2.75, 3.05) is 13.1 Å². The summed E-state index contributed by atoms with van der Waals surface area (Å²) in [5.74, 6) is 0.379. The molecule has 24 heavy (non-hydrogen) atoms. The number of hydrogen-bond acceptors (Lipinski definition) is 3. The number of carbonyl (C=O) groups excluding carboxylic acids is 1. The summed E-state index contributed by atoms with van der Waals surface area (Å²) in [4.78, 5) is 14.5. The van der Waals surface area contributed by atoms with Gasteiger partial charge in [0.25, 0.3) is 0 Å². The van der Waals surface area contributed by atoms with Gasteiger partial charge in [0.05, 0.1) is 11.6 Å². The molecule has 0 saturated carbocycles. The van der Waals surface area contributed by atoms with Crippen LogP contribution < -0.4 is 5.32 Å². The van der Waals surface area contributed by atoms with Crippen molar-refractivity contribution in [3.05, 3.63) is 47.3 Å². The molecule has 0 spiro atoms. The number of fused-ring (bicyclic) bond motifs is 4. The fourth-order valence-corrected chi connectivity index (χ4v) is 4.08. The molecule has 3 saturated heterocycles. The van der Waals surface area contributed by atoms with E-state index in [1.165, 1.54) is 16.7 Å². The second kappa shape index (κ2) is 6.06.